The molecule has 0 spiro atoms. The van der Waals surface area contributed by atoms with Crippen LogP contribution in [-0.4, -0.2) is 16.0 Å². The number of unbranched alkanes of at least 4 members (excludes halogenated alkanes) is 1. The topological polar surface area (TPSA) is 17.8 Å². The van der Waals surface area contributed by atoms with E-state index in [9.17, 15) is 17.6 Å². The number of halogens is 4. The molecule has 0 bridgehead atoms. The Morgan fingerprint density at radius 1 is 1.39 bits per heavy atom. The van der Waals surface area contributed by atoms with E-state index in [1.807, 2.05) is 6.92 Å². The zero-order valence-electron chi connectivity index (χ0n) is 10.4. The Morgan fingerprint density at radius 2 is 2.06 bits per heavy atom. The SMILES string of the molecule is CCCCn1nc(C(F)(F)F)c2c1C[C@H](F)[C@H]2C. The molecule has 2 rings (SSSR count). The van der Waals surface area contributed by atoms with Crippen LogP contribution in [0.15, 0.2) is 0 Å². The molecule has 18 heavy (non-hydrogen) atoms. The van der Waals surface area contributed by atoms with Gasteiger partial charge in [-0.25, -0.2) is 4.39 Å². The van der Waals surface area contributed by atoms with Crippen molar-refractivity contribution in [3.8, 4) is 0 Å². The highest BCUT2D eigenvalue weighted by Crippen LogP contribution is 2.43. The Bertz CT molecular complexity index is 436. The van der Waals surface area contributed by atoms with Crippen LogP contribution in [0.1, 0.15) is 49.6 Å². The van der Waals surface area contributed by atoms with Gasteiger partial charge in [0.25, 0.3) is 0 Å². The minimum Gasteiger partial charge on any atom is -0.269 e. The van der Waals surface area contributed by atoms with Gasteiger partial charge in [-0.05, 0) is 6.42 Å². The van der Waals surface area contributed by atoms with Gasteiger partial charge in [0, 0.05) is 30.1 Å². The van der Waals surface area contributed by atoms with E-state index in [1.165, 1.54) is 11.6 Å². The second kappa shape index (κ2) is 4.55. The second-order valence-corrected chi connectivity index (χ2v) is 4.79. The molecule has 0 saturated heterocycles. The summed E-state index contributed by atoms with van der Waals surface area (Å²) in [6, 6.07) is 0. The Morgan fingerprint density at radius 3 is 2.61 bits per heavy atom. The van der Waals surface area contributed by atoms with Crippen molar-refractivity contribution in [3.05, 3.63) is 17.0 Å². The van der Waals surface area contributed by atoms with Gasteiger partial charge in [-0.3, -0.25) is 4.68 Å². The zero-order chi connectivity index (χ0) is 13.5. The molecular weight excluding hydrogens is 248 g/mol. The predicted molar refractivity (Wildman–Crippen MR) is 59.2 cm³/mol. The summed E-state index contributed by atoms with van der Waals surface area (Å²) in [5, 5.41) is 3.65. The molecule has 2 nitrogen and oxygen atoms in total. The van der Waals surface area contributed by atoms with Crippen molar-refractivity contribution >= 4 is 0 Å². The first-order valence-corrected chi connectivity index (χ1v) is 6.17. The van der Waals surface area contributed by atoms with Gasteiger partial charge >= 0.3 is 6.18 Å². The Labute approximate surface area is 103 Å². The van der Waals surface area contributed by atoms with E-state index < -0.39 is 24.0 Å². The molecule has 0 radical (unpaired) electrons. The summed E-state index contributed by atoms with van der Waals surface area (Å²) in [6.45, 7) is 3.88. The number of rotatable bonds is 3. The van der Waals surface area contributed by atoms with Crippen molar-refractivity contribution < 1.29 is 17.6 Å². The molecule has 0 fully saturated rings. The second-order valence-electron chi connectivity index (χ2n) is 4.79. The van der Waals surface area contributed by atoms with Gasteiger partial charge in [0.1, 0.15) is 6.17 Å². The van der Waals surface area contributed by atoms with E-state index in [0.717, 1.165) is 12.8 Å². The number of aryl methyl sites for hydroxylation is 1. The molecular formula is C12H16F4N2. The highest BCUT2D eigenvalue weighted by Gasteiger charge is 2.45. The quantitative estimate of drug-likeness (QED) is 0.761. The van der Waals surface area contributed by atoms with Crippen LogP contribution in [0.2, 0.25) is 0 Å². The number of aromatic nitrogens is 2. The van der Waals surface area contributed by atoms with Crippen LogP contribution >= 0.6 is 0 Å². The maximum Gasteiger partial charge on any atom is 0.435 e. The van der Waals surface area contributed by atoms with E-state index in [2.05, 4.69) is 5.10 Å². The van der Waals surface area contributed by atoms with Gasteiger partial charge in [-0.2, -0.15) is 18.3 Å². The highest BCUT2D eigenvalue weighted by molar-refractivity contribution is 5.38. The number of hydrogen-bond acceptors (Lipinski definition) is 1. The molecule has 1 aliphatic rings. The normalized spacial score (nSPS) is 23.4. The third-order valence-corrected chi connectivity index (χ3v) is 3.48. The van der Waals surface area contributed by atoms with Gasteiger partial charge in [-0.15, -0.1) is 0 Å². The number of alkyl halides is 4. The summed E-state index contributed by atoms with van der Waals surface area (Å²) >= 11 is 0. The molecule has 0 N–H and O–H groups in total. The van der Waals surface area contributed by atoms with Gasteiger partial charge in [0.15, 0.2) is 5.69 Å². The largest absolute Gasteiger partial charge is 0.435 e. The fourth-order valence-corrected chi connectivity index (χ4v) is 2.45. The van der Waals surface area contributed by atoms with E-state index >= 15 is 0 Å². The van der Waals surface area contributed by atoms with Crippen LogP contribution in [0.4, 0.5) is 17.6 Å². The van der Waals surface area contributed by atoms with Crippen LogP contribution < -0.4 is 0 Å². The predicted octanol–water partition coefficient (Wildman–Crippen LogP) is 3.70. The molecule has 1 heterocycles. The maximum absolute atomic E-state index is 13.6. The minimum atomic E-state index is -4.50. The summed E-state index contributed by atoms with van der Waals surface area (Å²) in [5.41, 5.74) is -0.414. The Kier molecular flexibility index (Phi) is 3.38. The zero-order valence-corrected chi connectivity index (χ0v) is 10.4. The first-order chi connectivity index (χ1) is 8.36. The highest BCUT2D eigenvalue weighted by atomic mass is 19.4. The van der Waals surface area contributed by atoms with E-state index in [1.54, 1.807) is 0 Å². The number of fused-ring (bicyclic) bond motifs is 1. The monoisotopic (exact) mass is 264 g/mol. The lowest BCUT2D eigenvalue weighted by Gasteiger charge is -2.10. The molecule has 2 atom stereocenters. The molecule has 0 unspecified atom stereocenters. The van der Waals surface area contributed by atoms with Crippen LogP contribution in [0.25, 0.3) is 0 Å². The lowest BCUT2D eigenvalue weighted by Crippen LogP contribution is -2.15. The van der Waals surface area contributed by atoms with E-state index in [0.29, 0.717) is 12.2 Å². The smallest absolute Gasteiger partial charge is 0.269 e. The summed E-state index contributed by atoms with van der Waals surface area (Å²) < 4.78 is 53.6. The van der Waals surface area contributed by atoms with Crippen LogP contribution in [-0.2, 0) is 19.1 Å². The maximum atomic E-state index is 13.6. The molecule has 6 heteroatoms. The molecule has 1 aromatic rings. The summed E-state index contributed by atoms with van der Waals surface area (Å²) in [6.07, 6.45) is -4.07. The fraction of sp³-hybridized carbons (Fsp3) is 0.750. The Balaban J connectivity index is 2.44. The van der Waals surface area contributed by atoms with E-state index in [-0.39, 0.29) is 12.0 Å². The molecule has 0 amide bonds. The standard InChI is InChI=1S/C12H16F4N2/c1-3-4-5-18-9-6-8(13)7(2)10(9)11(17-18)12(14,15)16/h7-8H,3-6H2,1-2H3/t7-,8+/m1/s1. The van der Waals surface area contributed by atoms with Gasteiger partial charge in [-0.1, -0.05) is 20.3 Å². The van der Waals surface area contributed by atoms with Gasteiger partial charge in [0.05, 0.1) is 0 Å². The van der Waals surface area contributed by atoms with Crippen LogP contribution in [0.5, 0.6) is 0 Å². The average Bonchev–Trinajstić information content (AvgIpc) is 2.75. The minimum absolute atomic E-state index is 0.0449. The van der Waals surface area contributed by atoms with E-state index in [4.69, 9.17) is 0 Å². The van der Waals surface area contributed by atoms with Crippen molar-refractivity contribution in [2.24, 2.45) is 0 Å². The van der Waals surface area contributed by atoms with Crippen molar-refractivity contribution in [3.63, 3.8) is 0 Å². The lowest BCUT2D eigenvalue weighted by atomic mass is 10.0. The average molecular weight is 264 g/mol. The Hall–Kier alpha value is -1.07. The fourth-order valence-electron chi connectivity index (χ4n) is 2.45. The van der Waals surface area contributed by atoms with Crippen molar-refractivity contribution in [1.82, 2.24) is 9.78 Å². The number of nitrogens with zero attached hydrogens (tertiary/aromatic N) is 2. The molecule has 1 aromatic heterocycles. The molecule has 1 aliphatic carbocycles. The third-order valence-electron chi connectivity index (χ3n) is 3.48. The molecule has 102 valence electrons. The first kappa shape index (κ1) is 13.4. The number of hydrogen-bond donors (Lipinski definition) is 0. The van der Waals surface area contributed by atoms with Gasteiger partial charge < -0.3 is 0 Å². The summed E-state index contributed by atoms with van der Waals surface area (Å²) in [7, 11) is 0. The van der Waals surface area contributed by atoms with Crippen LogP contribution in [0.3, 0.4) is 0 Å². The summed E-state index contributed by atoms with van der Waals surface area (Å²) in [4.78, 5) is 0. The molecule has 0 aromatic carbocycles. The van der Waals surface area contributed by atoms with Gasteiger partial charge in [0.2, 0.25) is 0 Å². The molecule has 0 saturated carbocycles. The van der Waals surface area contributed by atoms with Crippen molar-refractivity contribution in [2.45, 2.75) is 57.9 Å². The first-order valence-electron chi connectivity index (χ1n) is 6.17. The third kappa shape index (κ3) is 2.12. The van der Waals surface area contributed by atoms with Crippen LogP contribution in [0, 0.1) is 0 Å². The summed E-state index contributed by atoms with van der Waals surface area (Å²) in [5.74, 6) is -0.716. The molecule has 0 aliphatic heterocycles. The van der Waals surface area contributed by atoms with Crippen molar-refractivity contribution in [2.75, 3.05) is 0 Å². The lowest BCUT2D eigenvalue weighted by molar-refractivity contribution is -0.142. The van der Waals surface area contributed by atoms with Crippen molar-refractivity contribution in [1.29, 1.82) is 0 Å².